The molecule has 0 aromatic heterocycles. The minimum Gasteiger partial charge on any atom is -0.0704 e. The highest BCUT2D eigenvalue weighted by Crippen LogP contribution is 2.41. The quantitative estimate of drug-likeness (QED) is 0.517. The van der Waals surface area contributed by atoms with Crippen LogP contribution >= 0.6 is 0 Å². The molecule has 1 aliphatic carbocycles. The average Bonchev–Trinajstić information content (AvgIpc) is 2.50. The summed E-state index contributed by atoms with van der Waals surface area (Å²) in [6.07, 6.45) is 9.61. The SMILES string of the molecule is CCCCC1=C(CCCC)[C@H](C)[C@H](C)C1. The van der Waals surface area contributed by atoms with Crippen molar-refractivity contribution in [2.75, 3.05) is 0 Å². The van der Waals surface area contributed by atoms with Crippen LogP contribution in [0.15, 0.2) is 11.1 Å². The van der Waals surface area contributed by atoms with E-state index in [1.54, 1.807) is 0 Å². The summed E-state index contributed by atoms with van der Waals surface area (Å²) in [5, 5.41) is 0. The van der Waals surface area contributed by atoms with E-state index in [1.807, 2.05) is 11.1 Å². The van der Waals surface area contributed by atoms with Crippen LogP contribution in [0.2, 0.25) is 0 Å². The van der Waals surface area contributed by atoms with Crippen LogP contribution in [0.1, 0.15) is 72.6 Å². The summed E-state index contributed by atoms with van der Waals surface area (Å²) < 4.78 is 0. The smallest absolute Gasteiger partial charge is 0.0200 e. The summed E-state index contributed by atoms with van der Waals surface area (Å²) in [5.41, 5.74) is 3.66. The molecule has 2 atom stereocenters. The molecule has 1 rings (SSSR count). The van der Waals surface area contributed by atoms with E-state index in [0.29, 0.717) is 0 Å². The van der Waals surface area contributed by atoms with Crippen LogP contribution in [0, 0.1) is 11.8 Å². The van der Waals surface area contributed by atoms with Gasteiger partial charge in [0, 0.05) is 0 Å². The fourth-order valence-corrected chi connectivity index (χ4v) is 2.79. The molecule has 0 fully saturated rings. The van der Waals surface area contributed by atoms with Gasteiger partial charge in [-0.3, -0.25) is 0 Å². The Morgan fingerprint density at radius 2 is 1.60 bits per heavy atom. The van der Waals surface area contributed by atoms with Gasteiger partial charge in [0.15, 0.2) is 0 Å². The van der Waals surface area contributed by atoms with Crippen LogP contribution in [-0.2, 0) is 0 Å². The summed E-state index contributed by atoms with van der Waals surface area (Å²) in [7, 11) is 0. The van der Waals surface area contributed by atoms with Crippen molar-refractivity contribution in [1.29, 1.82) is 0 Å². The molecule has 0 N–H and O–H groups in total. The number of allylic oxidation sites excluding steroid dienone is 2. The van der Waals surface area contributed by atoms with Gasteiger partial charge in [0.2, 0.25) is 0 Å². The van der Waals surface area contributed by atoms with Gasteiger partial charge in [-0.2, -0.15) is 0 Å². The Morgan fingerprint density at radius 1 is 1.00 bits per heavy atom. The zero-order valence-corrected chi connectivity index (χ0v) is 11.1. The third kappa shape index (κ3) is 3.36. The van der Waals surface area contributed by atoms with E-state index >= 15 is 0 Å². The molecule has 0 aliphatic heterocycles. The van der Waals surface area contributed by atoms with Crippen LogP contribution in [0.3, 0.4) is 0 Å². The van der Waals surface area contributed by atoms with Crippen molar-refractivity contribution in [1.82, 2.24) is 0 Å². The average molecular weight is 208 g/mol. The second-order valence-electron chi connectivity index (χ2n) is 5.31. The van der Waals surface area contributed by atoms with Gasteiger partial charge in [-0.25, -0.2) is 0 Å². The standard InChI is InChI=1S/C15H28/c1-5-7-9-14-11-12(3)13(4)15(14)10-8-6-2/h12-13H,5-11H2,1-4H3/t12-,13-/m1/s1. The van der Waals surface area contributed by atoms with Crippen molar-refractivity contribution in [2.45, 2.75) is 72.6 Å². The zero-order valence-electron chi connectivity index (χ0n) is 11.1. The first-order chi connectivity index (χ1) is 7.20. The van der Waals surface area contributed by atoms with Crippen LogP contribution in [0.5, 0.6) is 0 Å². The van der Waals surface area contributed by atoms with E-state index in [-0.39, 0.29) is 0 Å². The minimum absolute atomic E-state index is 0.864. The Kier molecular flexibility index (Phi) is 5.42. The fraction of sp³-hybridized carbons (Fsp3) is 0.867. The summed E-state index contributed by atoms with van der Waals surface area (Å²) in [5.74, 6) is 1.77. The van der Waals surface area contributed by atoms with Gasteiger partial charge in [0.1, 0.15) is 0 Å². The Hall–Kier alpha value is -0.260. The normalized spacial score (nSPS) is 26.4. The molecule has 0 aromatic rings. The number of hydrogen-bond donors (Lipinski definition) is 0. The Bertz CT molecular complexity index is 212. The number of unbranched alkanes of at least 4 members (excludes halogenated alkanes) is 2. The van der Waals surface area contributed by atoms with Gasteiger partial charge in [0.05, 0.1) is 0 Å². The monoisotopic (exact) mass is 208 g/mol. The molecule has 0 spiro atoms. The predicted molar refractivity (Wildman–Crippen MR) is 69.0 cm³/mol. The van der Waals surface area contributed by atoms with Gasteiger partial charge >= 0.3 is 0 Å². The Balaban J connectivity index is 2.60. The van der Waals surface area contributed by atoms with Gasteiger partial charge < -0.3 is 0 Å². The van der Waals surface area contributed by atoms with E-state index < -0.39 is 0 Å². The lowest BCUT2D eigenvalue weighted by Crippen LogP contribution is -2.02. The maximum atomic E-state index is 2.44. The third-order valence-electron chi connectivity index (χ3n) is 4.06. The van der Waals surface area contributed by atoms with Crippen molar-refractivity contribution in [3.8, 4) is 0 Å². The van der Waals surface area contributed by atoms with E-state index in [2.05, 4.69) is 27.7 Å². The molecule has 88 valence electrons. The topological polar surface area (TPSA) is 0 Å². The lowest BCUT2D eigenvalue weighted by Gasteiger charge is -2.14. The van der Waals surface area contributed by atoms with Crippen LogP contribution in [-0.4, -0.2) is 0 Å². The highest BCUT2D eigenvalue weighted by Gasteiger charge is 2.26. The lowest BCUT2D eigenvalue weighted by molar-refractivity contribution is 0.466. The van der Waals surface area contributed by atoms with Crippen molar-refractivity contribution < 1.29 is 0 Å². The molecule has 0 heterocycles. The van der Waals surface area contributed by atoms with E-state index in [4.69, 9.17) is 0 Å². The molecular weight excluding hydrogens is 180 g/mol. The third-order valence-corrected chi connectivity index (χ3v) is 4.06. The van der Waals surface area contributed by atoms with Crippen LogP contribution < -0.4 is 0 Å². The first-order valence-corrected chi connectivity index (χ1v) is 6.91. The molecule has 0 saturated heterocycles. The van der Waals surface area contributed by atoms with Crippen molar-refractivity contribution in [2.24, 2.45) is 11.8 Å². The summed E-state index contributed by atoms with van der Waals surface area (Å²) in [6, 6.07) is 0. The summed E-state index contributed by atoms with van der Waals surface area (Å²) in [4.78, 5) is 0. The van der Waals surface area contributed by atoms with Crippen molar-refractivity contribution in [3.05, 3.63) is 11.1 Å². The first-order valence-electron chi connectivity index (χ1n) is 6.91. The molecule has 0 bridgehead atoms. The zero-order chi connectivity index (χ0) is 11.3. The molecule has 0 heteroatoms. The molecule has 0 amide bonds. The summed E-state index contributed by atoms with van der Waals surface area (Å²) >= 11 is 0. The highest BCUT2D eigenvalue weighted by atomic mass is 14.3. The van der Waals surface area contributed by atoms with Gasteiger partial charge in [-0.05, 0) is 43.9 Å². The molecule has 1 aliphatic rings. The van der Waals surface area contributed by atoms with Gasteiger partial charge in [0.25, 0.3) is 0 Å². The van der Waals surface area contributed by atoms with E-state index in [1.165, 1.54) is 44.9 Å². The van der Waals surface area contributed by atoms with Gasteiger partial charge in [-0.1, -0.05) is 51.7 Å². The number of rotatable bonds is 6. The molecule has 15 heavy (non-hydrogen) atoms. The molecular formula is C15H28. The molecule has 0 unspecified atom stereocenters. The lowest BCUT2D eigenvalue weighted by atomic mass is 9.92. The van der Waals surface area contributed by atoms with E-state index in [0.717, 1.165) is 11.8 Å². The second-order valence-corrected chi connectivity index (χ2v) is 5.31. The number of hydrogen-bond acceptors (Lipinski definition) is 0. The second kappa shape index (κ2) is 6.35. The van der Waals surface area contributed by atoms with Crippen molar-refractivity contribution in [3.63, 3.8) is 0 Å². The maximum absolute atomic E-state index is 2.44. The largest absolute Gasteiger partial charge is 0.0704 e. The van der Waals surface area contributed by atoms with Gasteiger partial charge in [-0.15, -0.1) is 0 Å². The molecule has 0 saturated carbocycles. The molecule has 0 aromatic carbocycles. The minimum atomic E-state index is 0.864. The fourth-order valence-electron chi connectivity index (χ4n) is 2.79. The van der Waals surface area contributed by atoms with E-state index in [9.17, 15) is 0 Å². The maximum Gasteiger partial charge on any atom is -0.0200 e. The predicted octanol–water partition coefficient (Wildman–Crippen LogP) is 5.34. The molecule has 0 radical (unpaired) electrons. The molecule has 0 nitrogen and oxygen atoms in total. The Morgan fingerprint density at radius 3 is 2.20 bits per heavy atom. The summed E-state index contributed by atoms with van der Waals surface area (Å²) in [6.45, 7) is 9.47. The van der Waals surface area contributed by atoms with Crippen LogP contribution in [0.25, 0.3) is 0 Å². The van der Waals surface area contributed by atoms with Crippen LogP contribution in [0.4, 0.5) is 0 Å². The first kappa shape index (κ1) is 12.8. The Labute approximate surface area is 96.2 Å². The van der Waals surface area contributed by atoms with Crippen molar-refractivity contribution >= 4 is 0 Å². The highest BCUT2D eigenvalue weighted by molar-refractivity contribution is 5.24.